The molecule has 0 aromatic heterocycles. The van der Waals surface area contributed by atoms with Gasteiger partial charge in [-0.25, -0.2) is 35.1 Å². The van der Waals surface area contributed by atoms with E-state index in [2.05, 4.69) is 41.9 Å². The molecule has 4 aromatic carbocycles. The molecular formula is C27H8F22N4O4. The number of anilines is 4. The molecule has 0 fully saturated rings. The second-order valence-corrected chi connectivity index (χ2v) is 9.90. The number of alkyl halides is 6. The van der Waals surface area contributed by atoms with E-state index in [4.69, 9.17) is 0 Å². The largest absolute Gasteiger partial charge is 0.586 e. The van der Waals surface area contributed by atoms with Crippen molar-refractivity contribution in [3.05, 3.63) is 93.1 Å². The van der Waals surface area contributed by atoms with Crippen LogP contribution in [0.2, 0.25) is 0 Å². The molecule has 30 heteroatoms. The first-order valence-electron chi connectivity index (χ1n) is 13.2. The standard InChI is InChI=1S/C14H4F12N2O2.C13H4F10N2O2/c15-1-5(19)11(6(20)2(16)9(1)27)29-13(23,24)14(25,26)30-12-7(21)3(17)10(28)4(18)8(12)22;14-1-5(18)11(6(19)2(15)9(1)24)26-13(22,23)27-12-7(20)3(16)10(25)4(17)8(12)21/h27-28H2;24-25H2. The third kappa shape index (κ3) is 8.04. The van der Waals surface area contributed by atoms with E-state index in [1.807, 2.05) is 0 Å². The molecule has 57 heavy (non-hydrogen) atoms. The average Bonchev–Trinajstić information content (AvgIpc) is 3.15. The van der Waals surface area contributed by atoms with Gasteiger partial charge < -0.3 is 41.9 Å². The van der Waals surface area contributed by atoms with Crippen molar-refractivity contribution in [2.24, 2.45) is 0 Å². The molecule has 4 rings (SSSR count). The predicted octanol–water partition coefficient (Wildman–Crippen LogP) is 8.58. The van der Waals surface area contributed by atoms with Gasteiger partial charge in [-0.1, -0.05) is 0 Å². The molecule has 0 aliphatic rings. The van der Waals surface area contributed by atoms with Crippen molar-refractivity contribution in [3.8, 4) is 23.0 Å². The zero-order chi connectivity index (χ0) is 44.2. The van der Waals surface area contributed by atoms with E-state index < -0.39 is 157 Å². The molecule has 8 nitrogen and oxygen atoms in total. The van der Waals surface area contributed by atoms with Crippen molar-refractivity contribution in [2.45, 2.75) is 18.5 Å². The van der Waals surface area contributed by atoms with Crippen LogP contribution < -0.4 is 41.9 Å². The lowest BCUT2D eigenvalue weighted by Crippen LogP contribution is -2.50. The molecule has 0 spiro atoms. The monoisotopic (exact) mass is 870 g/mol. The zero-order valence-corrected chi connectivity index (χ0v) is 25.8. The van der Waals surface area contributed by atoms with Crippen molar-refractivity contribution < 1.29 is 116 Å². The number of nitrogen functional groups attached to an aromatic ring is 4. The van der Waals surface area contributed by atoms with Crippen molar-refractivity contribution in [1.82, 2.24) is 0 Å². The van der Waals surface area contributed by atoms with Gasteiger partial charge >= 0.3 is 18.5 Å². The first-order valence-corrected chi connectivity index (χ1v) is 13.2. The number of rotatable bonds is 9. The summed E-state index contributed by atoms with van der Waals surface area (Å²) >= 11 is 0. The normalized spacial score (nSPS) is 12.0. The van der Waals surface area contributed by atoms with Crippen LogP contribution in [-0.2, 0) is 0 Å². The molecule has 0 saturated carbocycles. The zero-order valence-electron chi connectivity index (χ0n) is 25.8. The molecule has 0 aliphatic heterocycles. The Morgan fingerprint density at radius 2 is 0.386 bits per heavy atom. The lowest BCUT2D eigenvalue weighted by Gasteiger charge is -2.27. The molecule has 0 amide bonds. The van der Waals surface area contributed by atoms with E-state index in [0.29, 0.717) is 0 Å². The number of benzene rings is 4. The van der Waals surface area contributed by atoms with Crippen molar-refractivity contribution in [2.75, 3.05) is 22.9 Å². The average molecular weight is 870 g/mol. The number of hydrogen-bond donors (Lipinski definition) is 4. The quantitative estimate of drug-likeness (QED) is 0.0568. The van der Waals surface area contributed by atoms with Gasteiger partial charge in [0.25, 0.3) is 0 Å². The summed E-state index contributed by atoms with van der Waals surface area (Å²) in [4.78, 5) is 0. The molecule has 0 heterocycles. The number of hydrogen-bond acceptors (Lipinski definition) is 8. The highest BCUT2D eigenvalue weighted by Crippen LogP contribution is 2.44. The number of ether oxygens (including phenoxy) is 4. The van der Waals surface area contributed by atoms with Gasteiger partial charge in [0.15, 0.2) is 46.5 Å². The fourth-order valence-electron chi connectivity index (χ4n) is 3.51. The van der Waals surface area contributed by atoms with E-state index in [1.54, 1.807) is 0 Å². The molecule has 314 valence electrons. The molecule has 0 saturated heterocycles. The SMILES string of the molecule is Nc1c(F)c(F)c(OC(F)(F)C(F)(F)Oc2c(F)c(F)c(N)c(F)c2F)c(F)c1F.Nc1c(F)c(F)c(OC(F)(F)Oc2c(F)c(F)c(N)c(F)c2F)c(F)c1F. The maximum absolute atomic E-state index is 13.7. The molecule has 0 bridgehead atoms. The summed E-state index contributed by atoms with van der Waals surface area (Å²) in [6.45, 7) is 0. The molecule has 0 radical (unpaired) electrons. The van der Waals surface area contributed by atoms with Gasteiger partial charge in [0.05, 0.1) is 0 Å². The Labute approximate surface area is 296 Å². The summed E-state index contributed by atoms with van der Waals surface area (Å²) in [7, 11) is 0. The van der Waals surface area contributed by atoms with Gasteiger partial charge in [-0.15, -0.1) is 8.78 Å². The van der Waals surface area contributed by atoms with Crippen LogP contribution >= 0.6 is 0 Å². The number of halogens is 22. The van der Waals surface area contributed by atoms with Gasteiger partial charge in [-0.3, -0.25) is 0 Å². The molecule has 0 aliphatic carbocycles. The summed E-state index contributed by atoms with van der Waals surface area (Å²) in [6, 6.07) is 0. The van der Waals surface area contributed by atoms with Crippen molar-refractivity contribution in [1.29, 1.82) is 0 Å². The van der Waals surface area contributed by atoms with Crippen LogP contribution in [0.1, 0.15) is 0 Å². The summed E-state index contributed by atoms with van der Waals surface area (Å²) in [6.07, 6.45) is -18.2. The van der Waals surface area contributed by atoms with E-state index in [9.17, 15) is 96.6 Å². The van der Waals surface area contributed by atoms with Gasteiger partial charge in [-0.2, -0.15) is 52.7 Å². The first-order chi connectivity index (χ1) is 25.8. The molecule has 0 atom stereocenters. The summed E-state index contributed by atoms with van der Waals surface area (Å²) in [5, 5.41) is 0. The fraction of sp³-hybridized carbons (Fsp3) is 0.111. The predicted molar refractivity (Wildman–Crippen MR) is 140 cm³/mol. The Bertz CT molecular complexity index is 2000. The van der Waals surface area contributed by atoms with E-state index >= 15 is 0 Å². The Kier molecular flexibility index (Phi) is 12.2. The van der Waals surface area contributed by atoms with Crippen molar-refractivity contribution in [3.63, 3.8) is 0 Å². The fourth-order valence-corrected chi connectivity index (χ4v) is 3.51. The third-order valence-corrected chi connectivity index (χ3v) is 6.27. The highest BCUT2D eigenvalue weighted by molar-refractivity contribution is 5.50. The van der Waals surface area contributed by atoms with Crippen LogP contribution in [-0.4, -0.2) is 18.5 Å². The summed E-state index contributed by atoms with van der Waals surface area (Å²) < 4.78 is 308. The van der Waals surface area contributed by atoms with Gasteiger partial charge in [0.2, 0.25) is 69.5 Å². The highest BCUT2D eigenvalue weighted by atomic mass is 19.3. The minimum atomic E-state index is -6.34. The molecule has 4 aromatic rings. The maximum Gasteiger partial charge on any atom is 0.586 e. The van der Waals surface area contributed by atoms with Crippen LogP contribution in [0.15, 0.2) is 0 Å². The topological polar surface area (TPSA) is 141 Å². The minimum absolute atomic E-state index is 1.72. The van der Waals surface area contributed by atoms with E-state index in [0.717, 1.165) is 0 Å². The Hall–Kier alpha value is -6.26. The molecular weight excluding hydrogens is 862 g/mol. The van der Waals surface area contributed by atoms with E-state index in [-0.39, 0.29) is 0 Å². The van der Waals surface area contributed by atoms with Crippen LogP contribution in [0, 0.1) is 93.1 Å². The Balaban J connectivity index is 0.000000307. The first kappa shape index (κ1) is 45.1. The Morgan fingerprint density at radius 3 is 0.544 bits per heavy atom. The van der Waals surface area contributed by atoms with Gasteiger partial charge in [0, 0.05) is 0 Å². The minimum Gasteiger partial charge on any atom is -0.418 e. The maximum atomic E-state index is 13.7. The second-order valence-electron chi connectivity index (χ2n) is 9.90. The smallest absolute Gasteiger partial charge is 0.418 e. The molecule has 8 N–H and O–H groups in total. The summed E-state index contributed by atoms with van der Waals surface area (Å²) in [5.74, 6) is -51.1. The lowest BCUT2D eigenvalue weighted by molar-refractivity contribution is -0.381. The van der Waals surface area contributed by atoms with Crippen LogP contribution in [0.5, 0.6) is 23.0 Å². The lowest BCUT2D eigenvalue weighted by atomic mass is 10.2. The van der Waals surface area contributed by atoms with Crippen LogP contribution in [0.3, 0.4) is 0 Å². The van der Waals surface area contributed by atoms with Gasteiger partial charge in [-0.05, 0) is 0 Å². The second kappa shape index (κ2) is 15.3. The van der Waals surface area contributed by atoms with Crippen LogP contribution in [0.25, 0.3) is 0 Å². The summed E-state index contributed by atoms with van der Waals surface area (Å²) in [5.41, 5.74) is 11.2. The number of nitrogens with two attached hydrogens (primary N) is 4. The van der Waals surface area contributed by atoms with Crippen LogP contribution in [0.4, 0.5) is 119 Å². The third-order valence-electron chi connectivity index (χ3n) is 6.27. The Morgan fingerprint density at radius 1 is 0.246 bits per heavy atom. The van der Waals surface area contributed by atoms with Gasteiger partial charge in [0.1, 0.15) is 22.7 Å². The molecule has 0 unspecified atom stereocenters. The van der Waals surface area contributed by atoms with Crippen molar-refractivity contribution >= 4 is 22.7 Å². The van der Waals surface area contributed by atoms with E-state index in [1.165, 1.54) is 0 Å². The highest BCUT2D eigenvalue weighted by Gasteiger charge is 2.64.